The topological polar surface area (TPSA) is 60.5 Å². The number of rotatable bonds is 1. The molecule has 5 nitrogen and oxygen atoms in total. The van der Waals surface area contributed by atoms with Gasteiger partial charge in [0.2, 0.25) is 11.6 Å². The van der Waals surface area contributed by atoms with Gasteiger partial charge >= 0.3 is 0 Å². The Morgan fingerprint density at radius 2 is 1.64 bits per heavy atom. The molecular formula is C34H42N2O3. The molecule has 0 N–H and O–H groups in total. The number of hydrogen-bond acceptors (Lipinski definition) is 3. The molecule has 0 amide bonds. The van der Waals surface area contributed by atoms with E-state index in [0.717, 1.165) is 50.5 Å². The predicted molar refractivity (Wildman–Crippen MR) is 150 cm³/mol. The smallest absolute Gasteiger partial charge is 0.237 e. The molecule has 0 spiro atoms. The van der Waals surface area contributed by atoms with Crippen LogP contribution in [0.3, 0.4) is 0 Å². The maximum atomic E-state index is 14.5. The summed E-state index contributed by atoms with van der Waals surface area (Å²) < 4.78 is 1.76. The number of hydrogen-bond donors (Lipinski definition) is 0. The van der Waals surface area contributed by atoms with Crippen molar-refractivity contribution in [2.24, 2.45) is 50.7 Å². The molecule has 5 aliphatic rings. The highest BCUT2D eigenvalue weighted by Crippen LogP contribution is 2.74. The molecule has 39 heavy (non-hydrogen) atoms. The first-order valence-electron chi connectivity index (χ1n) is 14.8. The summed E-state index contributed by atoms with van der Waals surface area (Å²) in [5.41, 5.74) is -0.145. The fraction of sp³-hybridized carbons (Fsp3) is 0.647. The average molecular weight is 527 g/mol. The van der Waals surface area contributed by atoms with E-state index in [2.05, 4.69) is 39.5 Å². The van der Waals surface area contributed by atoms with Crippen molar-refractivity contribution < 1.29 is 14.4 Å². The maximum absolute atomic E-state index is 14.5. The minimum absolute atomic E-state index is 0.0104. The van der Waals surface area contributed by atoms with Crippen molar-refractivity contribution in [1.29, 1.82) is 0 Å². The van der Waals surface area contributed by atoms with E-state index in [1.54, 1.807) is 4.57 Å². The Bertz CT molecular complexity index is 1380. The van der Waals surface area contributed by atoms with Gasteiger partial charge in [-0.1, -0.05) is 53.2 Å². The molecule has 6 rings (SSSR count). The molecule has 1 heterocycles. The van der Waals surface area contributed by atoms with Crippen LogP contribution in [0.5, 0.6) is 0 Å². The van der Waals surface area contributed by atoms with E-state index in [4.69, 9.17) is 6.57 Å². The van der Waals surface area contributed by atoms with Crippen LogP contribution in [-0.4, -0.2) is 22.0 Å². The Morgan fingerprint density at radius 3 is 2.31 bits per heavy atom. The van der Waals surface area contributed by atoms with Gasteiger partial charge in [0.1, 0.15) is 0 Å². The van der Waals surface area contributed by atoms with Crippen LogP contribution in [0.4, 0.5) is 0 Å². The lowest BCUT2D eigenvalue weighted by Gasteiger charge is -2.68. The molecule has 8 atom stereocenters. The predicted octanol–water partition coefficient (Wildman–Crippen LogP) is 7.31. The normalized spacial score (nSPS) is 44.5. The van der Waals surface area contributed by atoms with Gasteiger partial charge in [-0.05, 0) is 91.2 Å². The van der Waals surface area contributed by atoms with Crippen LogP contribution in [0.1, 0.15) is 91.3 Å². The summed E-state index contributed by atoms with van der Waals surface area (Å²) in [6.45, 7) is 21.1. The molecule has 3 saturated carbocycles. The van der Waals surface area contributed by atoms with Crippen molar-refractivity contribution in [3.05, 3.63) is 59.4 Å². The second-order valence-electron chi connectivity index (χ2n) is 14.9. The SMILES string of the molecule is [C-]#[N+]C1=C[C@]2(C)C3=CC(=O)[C@@H]4[C@@H]5CC(C)(C)CC[C@]5(C(=O)n5cccc5)CC[C@@]4(C)[C@]3(C)CC[C@H]2[C@H](C)C1=O. The van der Waals surface area contributed by atoms with E-state index in [-0.39, 0.29) is 63.1 Å². The largest absolute Gasteiger partial charge is 0.308 e. The third-order valence-electron chi connectivity index (χ3n) is 12.8. The Kier molecular flexibility index (Phi) is 5.53. The zero-order chi connectivity index (χ0) is 28.2. The Labute approximate surface area is 232 Å². The molecule has 5 aliphatic carbocycles. The average Bonchev–Trinajstić information content (AvgIpc) is 3.42. The number of nitrogens with zero attached hydrogens (tertiary/aromatic N) is 2. The van der Waals surface area contributed by atoms with Gasteiger partial charge in [0.25, 0.3) is 0 Å². The van der Waals surface area contributed by atoms with E-state index in [1.807, 2.05) is 43.6 Å². The Morgan fingerprint density at radius 1 is 0.974 bits per heavy atom. The fourth-order valence-corrected chi connectivity index (χ4v) is 10.3. The van der Waals surface area contributed by atoms with Crippen molar-refractivity contribution in [1.82, 2.24) is 4.57 Å². The number of Topliss-reactive ketones (excluding diaryl/α,β-unsaturated/α-hetero) is 1. The van der Waals surface area contributed by atoms with Crippen LogP contribution >= 0.6 is 0 Å². The molecular weight excluding hydrogens is 484 g/mol. The van der Waals surface area contributed by atoms with E-state index in [9.17, 15) is 14.4 Å². The first-order valence-corrected chi connectivity index (χ1v) is 14.8. The van der Waals surface area contributed by atoms with Gasteiger partial charge in [0.15, 0.2) is 11.6 Å². The van der Waals surface area contributed by atoms with Gasteiger partial charge in [0.05, 0.1) is 12.0 Å². The van der Waals surface area contributed by atoms with Gasteiger partial charge < -0.3 is 4.79 Å². The highest BCUT2D eigenvalue weighted by Gasteiger charge is 2.70. The van der Waals surface area contributed by atoms with Gasteiger partial charge in [0, 0.05) is 29.6 Å². The summed E-state index contributed by atoms with van der Waals surface area (Å²) in [5.74, 6) is -0.112. The summed E-state index contributed by atoms with van der Waals surface area (Å²) in [4.78, 5) is 45.3. The second kappa shape index (κ2) is 8.15. The van der Waals surface area contributed by atoms with Crippen LogP contribution in [0.25, 0.3) is 4.85 Å². The van der Waals surface area contributed by atoms with Crippen molar-refractivity contribution in [2.75, 3.05) is 0 Å². The molecule has 0 saturated heterocycles. The lowest BCUT2D eigenvalue weighted by atomic mass is 9.35. The number of aromatic nitrogens is 1. The second-order valence-corrected chi connectivity index (χ2v) is 14.9. The van der Waals surface area contributed by atoms with Crippen molar-refractivity contribution >= 4 is 17.5 Å². The fourth-order valence-electron chi connectivity index (χ4n) is 10.3. The molecule has 0 radical (unpaired) electrons. The lowest BCUT2D eigenvalue weighted by Crippen LogP contribution is -2.65. The van der Waals surface area contributed by atoms with Crippen molar-refractivity contribution in [3.8, 4) is 0 Å². The van der Waals surface area contributed by atoms with Crippen LogP contribution in [0.2, 0.25) is 0 Å². The lowest BCUT2D eigenvalue weighted by molar-refractivity contribution is -0.162. The number of fused-ring (bicyclic) bond motifs is 7. The molecule has 3 fully saturated rings. The summed E-state index contributed by atoms with van der Waals surface area (Å²) in [7, 11) is 0. The highest BCUT2D eigenvalue weighted by molar-refractivity contribution is 6.01. The molecule has 0 aliphatic heterocycles. The standard InChI is InChI=1S/C34H42N2O3/c1-21-22-10-11-32(5)26(31(22,4)20-24(35-7)28(21)38)18-25(37)27-23-19-30(2,3)12-14-34(23,15-13-33(27,32)6)29(39)36-16-8-9-17-36/h8-9,16-18,20-23,27H,10-15,19H2,1-6H3/t21-,22-,23-,27-,31-,32+,33+,34-/m0/s1. The van der Waals surface area contributed by atoms with Crippen LogP contribution in [0, 0.1) is 57.3 Å². The molecule has 0 bridgehead atoms. The Balaban J connectivity index is 1.52. The summed E-state index contributed by atoms with van der Waals surface area (Å²) in [6, 6.07) is 3.82. The molecule has 1 aromatic rings. The minimum Gasteiger partial charge on any atom is -0.308 e. The van der Waals surface area contributed by atoms with Crippen LogP contribution in [0.15, 0.2) is 47.9 Å². The van der Waals surface area contributed by atoms with Gasteiger partial charge in [-0.3, -0.25) is 14.2 Å². The monoisotopic (exact) mass is 526 g/mol. The molecule has 1 aromatic heterocycles. The third-order valence-corrected chi connectivity index (χ3v) is 12.8. The Hall–Kier alpha value is -2.74. The van der Waals surface area contributed by atoms with Gasteiger partial charge in [-0.25, -0.2) is 4.85 Å². The number of ketones is 2. The quantitative estimate of drug-likeness (QED) is 0.361. The molecule has 206 valence electrons. The van der Waals surface area contributed by atoms with E-state index in [1.165, 1.54) is 0 Å². The number of carbonyl (C=O) groups is 3. The van der Waals surface area contributed by atoms with Crippen molar-refractivity contribution in [2.45, 2.75) is 86.5 Å². The number of allylic oxidation sites excluding steroid dienone is 4. The number of carbonyl (C=O) groups excluding carboxylic acids is 3. The van der Waals surface area contributed by atoms with Crippen LogP contribution < -0.4 is 0 Å². The third kappa shape index (κ3) is 3.27. The maximum Gasteiger partial charge on any atom is 0.237 e. The van der Waals surface area contributed by atoms with E-state index in [0.29, 0.717) is 0 Å². The van der Waals surface area contributed by atoms with Crippen LogP contribution in [-0.2, 0) is 9.59 Å². The van der Waals surface area contributed by atoms with Gasteiger partial charge in [-0.2, -0.15) is 0 Å². The first-order chi connectivity index (χ1) is 18.2. The molecule has 5 heteroatoms. The summed E-state index contributed by atoms with van der Waals surface area (Å²) in [6.07, 6.45) is 13.7. The van der Waals surface area contributed by atoms with E-state index < -0.39 is 10.8 Å². The van der Waals surface area contributed by atoms with E-state index >= 15 is 0 Å². The summed E-state index contributed by atoms with van der Waals surface area (Å²) in [5, 5.41) is 0. The summed E-state index contributed by atoms with van der Waals surface area (Å²) >= 11 is 0. The highest BCUT2D eigenvalue weighted by atomic mass is 16.2. The zero-order valence-corrected chi connectivity index (χ0v) is 24.3. The molecule has 0 aromatic carbocycles. The molecule has 0 unspecified atom stereocenters. The van der Waals surface area contributed by atoms with Crippen molar-refractivity contribution in [3.63, 3.8) is 0 Å². The minimum atomic E-state index is -0.528. The zero-order valence-electron chi connectivity index (χ0n) is 24.3. The van der Waals surface area contributed by atoms with Gasteiger partial charge in [-0.15, -0.1) is 0 Å². The first kappa shape index (κ1) is 26.5.